The van der Waals surface area contributed by atoms with Crippen LogP contribution < -0.4 is 0 Å². The molecule has 0 spiro atoms. The van der Waals surface area contributed by atoms with E-state index in [0.717, 1.165) is 24.0 Å². The smallest absolute Gasteiger partial charge is 0.230 e. The van der Waals surface area contributed by atoms with E-state index in [-0.39, 0.29) is 11.8 Å². The second-order valence-corrected chi connectivity index (χ2v) is 7.79. The minimum Gasteiger partial charge on any atom is -0.342 e. The predicted octanol–water partition coefficient (Wildman–Crippen LogP) is 4.99. The van der Waals surface area contributed by atoms with Gasteiger partial charge in [-0.25, -0.2) is 0 Å². The van der Waals surface area contributed by atoms with E-state index < -0.39 is 0 Å². The molecule has 1 saturated heterocycles. The summed E-state index contributed by atoms with van der Waals surface area (Å²) >= 11 is 11.8. The van der Waals surface area contributed by atoms with Crippen molar-refractivity contribution in [3.8, 4) is 11.4 Å². The Kier molecular flexibility index (Phi) is 5.64. The molecular weight excluding hydrogens is 397 g/mol. The maximum Gasteiger partial charge on any atom is 0.230 e. The van der Waals surface area contributed by atoms with Crippen molar-refractivity contribution in [2.75, 3.05) is 13.1 Å². The Balaban J connectivity index is 1.34. The molecule has 1 fully saturated rings. The Morgan fingerprint density at radius 2 is 1.61 bits per heavy atom. The number of carbonyl (C=O) groups excluding carboxylic acids is 1. The number of hydrogen-bond donors (Lipinski definition) is 0. The van der Waals surface area contributed by atoms with Crippen LogP contribution in [0.15, 0.2) is 53.1 Å². The lowest BCUT2D eigenvalue weighted by Crippen LogP contribution is -2.38. The lowest BCUT2D eigenvalue weighted by molar-refractivity contribution is -0.131. The van der Waals surface area contributed by atoms with Gasteiger partial charge in [-0.2, -0.15) is 4.98 Å². The van der Waals surface area contributed by atoms with Crippen molar-refractivity contribution in [2.45, 2.75) is 25.2 Å². The van der Waals surface area contributed by atoms with Crippen molar-refractivity contribution in [3.63, 3.8) is 0 Å². The third kappa shape index (κ3) is 4.37. The number of hydrogen-bond acceptors (Lipinski definition) is 4. The van der Waals surface area contributed by atoms with Crippen molar-refractivity contribution in [1.82, 2.24) is 15.0 Å². The number of piperidine rings is 1. The Morgan fingerprint density at radius 3 is 2.25 bits per heavy atom. The Morgan fingerprint density at radius 1 is 1.00 bits per heavy atom. The van der Waals surface area contributed by atoms with Crippen molar-refractivity contribution >= 4 is 29.1 Å². The van der Waals surface area contributed by atoms with Crippen LogP contribution in [0.5, 0.6) is 0 Å². The molecule has 1 aliphatic heterocycles. The molecular formula is C21H19Cl2N3O2. The van der Waals surface area contributed by atoms with E-state index in [1.165, 1.54) is 0 Å². The first-order valence-corrected chi connectivity index (χ1v) is 9.96. The number of rotatable bonds is 4. The number of aromatic nitrogens is 2. The van der Waals surface area contributed by atoms with Crippen molar-refractivity contribution < 1.29 is 9.32 Å². The lowest BCUT2D eigenvalue weighted by atomic mass is 9.96. The first-order chi connectivity index (χ1) is 13.6. The predicted molar refractivity (Wildman–Crippen MR) is 108 cm³/mol. The first kappa shape index (κ1) is 19.0. The zero-order valence-electron chi connectivity index (χ0n) is 15.1. The molecule has 0 radical (unpaired) electrons. The van der Waals surface area contributed by atoms with Crippen molar-refractivity contribution in [3.05, 3.63) is 70.0 Å². The molecule has 2 aromatic carbocycles. The summed E-state index contributed by atoms with van der Waals surface area (Å²) in [4.78, 5) is 19.0. The van der Waals surface area contributed by atoms with Gasteiger partial charge in [0.15, 0.2) is 0 Å². The highest BCUT2D eigenvalue weighted by molar-refractivity contribution is 6.30. The maximum absolute atomic E-state index is 12.5. The van der Waals surface area contributed by atoms with Crippen LogP contribution in [-0.4, -0.2) is 34.0 Å². The molecule has 1 aliphatic rings. The summed E-state index contributed by atoms with van der Waals surface area (Å²) in [6.07, 6.45) is 2.02. The van der Waals surface area contributed by atoms with Gasteiger partial charge in [0.1, 0.15) is 0 Å². The fourth-order valence-corrected chi connectivity index (χ4v) is 3.63. The molecule has 5 nitrogen and oxygen atoms in total. The SMILES string of the molecule is O=C(Cc1ccc(Cl)cc1)N1CCC(c2nc(-c3ccc(Cl)cc3)no2)CC1. The highest BCUT2D eigenvalue weighted by atomic mass is 35.5. The largest absolute Gasteiger partial charge is 0.342 e. The molecule has 0 unspecified atom stereocenters. The van der Waals surface area contributed by atoms with E-state index in [2.05, 4.69) is 10.1 Å². The second kappa shape index (κ2) is 8.33. The first-order valence-electron chi connectivity index (χ1n) is 9.20. The van der Waals surface area contributed by atoms with Crippen LogP contribution in [0.25, 0.3) is 11.4 Å². The van der Waals surface area contributed by atoms with Crippen molar-refractivity contribution in [2.24, 2.45) is 0 Å². The van der Waals surface area contributed by atoms with Crippen LogP contribution in [0.3, 0.4) is 0 Å². The molecule has 0 aliphatic carbocycles. The van der Waals surface area contributed by atoms with E-state index in [1.807, 2.05) is 41.3 Å². The Hall–Kier alpha value is -2.37. The monoisotopic (exact) mass is 415 g/mol. The summed E-state index contributed by atoms with van der Waals surface area (Å²) in [7, 11) is 0. The Bertz CT molecular complexity index is 947. The summed E-state index contributed by atoms with van der Waals surface area (Å²) in [5.41, 5.74) is 1.84. The van der Waals surface area contributed by atoms with Crippen LogP contribution in [0.4, 0.5) is 0 Å². The second-order valence-electron chi connectivity index (χ2n) is 6.92. The minimum atomic E-state index is 0.133. The molecule has 0 saturated carbocycles. The molecule has 7 heteroatoms. The van der Waals surface area contributed by atoms with Gasteiger partial charge in [-0.1, -0.05) is 40.5 Å². The van der Waals surface area contributed by atoms with Gasteiger partial charge < -0.3 is 9.42 Å². The van der Waals surface area contributed by atoms with Crippen molar-refractivity contribution in [1.29, 1.82) is 0 Å². The van der Waals surface area contributed by atoms with Gasteiger partial charge in [0.2, 0.25) is 17.6 Å². The molecule has 28 heavy (non-hydrogen) atoms. The van der Waals surface area contributed by atoms with Gasteiger partial charge in [0.05, 0.1) is 6.42 Å². The molecule has 1 amide bonds. The molecule has 1 aromatic heterocycles. The molecule has 144 valence electrons. The summed E-state index contributed by atoms with van der Waals surface area (Å²) in [5, 5.41) is 5.43. The third-order valence-electron chi connectivity index (χ3n) is 5.01. The zero-order chi connectivity index (χ0) is 19.5. The fourth-order valence-electron chi connectivity index (χ4n) is 3.38. The van der Waals surface area contributed by atoms with Crippen LogP contribution in [0.1, 0.15) is 30.2 Å². The number of amides is 1. The van der Waals surface area contributed by atoms with Crippen LogP contribution >= 0.6 is 23.2 Å². The van der Waals surface area contributed by atoms with Crippen LogP contribution in [0.2, 0.25) is 10.0 Å². The summed E-state index contributed by atoms with van der Waals surface area (Å²) < 4.78 is 5.48. The van der Waals surface area contributed by atoms with Gasteiger partial charge in [-0.05, 0) is 54.8 Å². The molecule has 0 N–H and O–H groups in total. The lowest BCUT2D eigenvalue weighted by Gasteiger charge is -2.30. The average molecular weight is 416 g/mol. The molecule has 0 bridgehead atoms. The topological polar surface area (TPSA) is 59.2 Å². The minimum absolute atomic E-state index is 0.133. The number of likely N-dealkylation sites (tertiary alicyclic amines) is 1. The maximum atomic E-state index is 12.5. The number of halogens is 2. The van der Waals surface area contributed by atoms with E-state index >= 15 is 0 Å². The van der Waals surface area contributed by atoms with Crippen LogP contribution in [-0.2, 0) is 11.2 Å². The molecule has 0 atom stereocenters. The number of carbonyl (C=O) groups is 1. The zero-order valence-corrected chi connectivity index (χ0v) is 16.7. The summed E-state index contributed by atoms with van der Waals surface area (Å²) in [5.74, 6) is 1.50. The highest BCUT2D eigenvalue weighted by Crippen LogP contribution is 2.29. The molecule has 3 aromatic rings. The van der Waals surface area contributed by atoms with Gasteiger partial charge in [-0.15, -0.1) is 0 Å². The quantitative estimate of drug-likeness (QED) is 0.601. The molecule has 4 rings (SSSR count). The van der Waals surface area contributed by atoms with E-state index in [1.54, 1.807) is 12.1 Å². The Labute approximate surface area is 173 Å². The normalized spacial score (nSPS) is 15.0. The standard InChI is InChI=1S/C21H19Cl2N3O2/c22-17-5-1-14(2-6-17)13-19(27)26-11-9-16(10-12-26)21-24-20(25-28-21)15-3-7-18(23)8-4-15/h1-8,16H,9-13H2. The summed E-state index contributed by atoms with van der Waals surface area (Å²) in [6, 6.07) is 14.8. The average Bonchev–Trinajstić information content (AvgIpc) is 3.20. The third-order valence-corrected chi connectivity index (χ3v) is 5.51. The highest BCUT2D eigenvalue weighted by Gasteiger charge is 2.27. The van der Waals surface area contributed by atoms with Crippen LogP contribution in [0, 0.1) is 0 Å². The van der Waals surface area contributed by atoms with E-state index in [9.17, 15) is 4.79 Å². The number of nitrogens with zero attached hydrogens (tertiary/aromatic N) is 3. The van der Waals surface area contributed by atoms with Gasteiger partial charge in [0.25, 0.3) is 0 Å². The fraction of sp³-hybridized carbons (Fsp3) is 0.286. The van der Waals surface area contributed by atoms with Gasteiger partial charge >= 0.3 is 0 Å². The van der Waals surface area contributed by atoms with Gasteiger partial charge in [-0.3, -0.25) is 4.79 Å². The number of benzene rings is 2. The van der Waals surface area contributed by atoms with E-state index in [0.29, 0.717) is 41.3 Å². The van der Waals surface area contributed by atoms with E-state index in [4.69, 9.17) is 27.7 Å². The van der Waals surface area contributed by atoms with Gasteiger partial charge in [0, 0.05) is 34.6 Å². The molecule has 2 heterocycles. The summed E-state index contributed by atoms with van der Waals surface area (Å²) in [6.45, 7) is 1.38.